The number of esters is 1. The van der Waals surface area contributed by atoms with Gasteiger partial charge >= 0.3 is 5.97 Å². The first-order valence-corrected chi connectivity index (χ1v) is 13.3. The molecule has 0 spiro atoms. The van der Waals surface area contributed by atoms with Crippen LogP contribution in [0.25, 0.3) is 10.9 Å². The van der Waals surface area contributed by atoms with Gasteiger partial charge < -0.3 is 24.3 Å². The monoisotopic (exact) mass is 541 g/mol. The number of aromatic nitrogens is 2. The third kappa shape index (κ3) is 6.46. The second kappa shape index (κ2) is 12.8. The number of ether oxygens (including phenoxy) is 4. The Morgan fingerprint density at radius 1 is 1.13 bits per heavy atom. The standard InChI is InChI=1S/C27H31N3O7S/c1-34-22-9-6-17(13-23(22)35-2)10-11-28-24(31)16-38-27-29-21-14-18(26(33)36-3)7-8-20(21)25(32)30(27)15-19-5-4-12-37-19/h6-9,13-14,19H,4-5,10-12,15-16H2,1-3H3,(H,28,31)/t19-/m0/s1. The van der Waals surface area contributed by atoms with E-state index in [4.69, 9.17) is 18.9 Å². The van der Waals surface area contributed by atoms with Gasteiger partial charge in [0, 0.05) is 13.2 Å². The van der Waals surface area contributed by atoms with Crippen LogP contribution >= 0.6 is 11.8 Å². The van der Waals surface area contributed by atoms with Crippen LogP contribution in [0.15, 0.2) is 46.3 Å². The van der Waals surface area contributed by atoms with E-state index in [1.807, 2.05) is 18.2 Å². The van der Waals surface area contributed by atoms with Gasteiger partial charge in [0.2, 0.25) is 5.91 Å². The maximum atomic E-state index is 13.4. The van der Waals surface area contributed by atoms with Gasteiger partial charge in [-0.25, -0.2) is 9.78 Å². The lowest BCUT2D eigenvalue weighted by molar-refractivity contribution is -0.118. The lowest BCUT2D eigenvalue weighted by atomic mass is 10.1. The Morgan fingerprint density at radius 2 is 1.95 bits per heavy atom. The van der Waals surface area contributed by atoms with Crippen molar-refractivity contribution >= 4 is 34.5 Å². The van der Waals surface area contributed by atoms with E-state index in [1.54, 1.807) is 30.9 Å². The van der Waals surface area contributed by atoms with Crippen LogP contribution in [0.1, 0.15) is 28.8 Å². The summed E-state index contributed by atoms with van der Waals surface area (Å²) in [5, 5.41) is 3.70. The maximum Gasteiger partial charge on any atom is 0.337 e. The number of hydrogen-bond donors (Lipinski definition) is 1. The summed E-state index contributed by atoms with van der Waals surface area (Å²) in [5.41, 5.74) is 1.43. The number of nitrogens with one attached hydrogen (secondary N) is 1. The Hall–Kier alpha value is -3.57. The predicted octanol–water partition coefficient (Wildman–Crippen LogP) is 2.83. The first-order valence-electron chi connectivity index (χ1n) is 12.3. The van der Waals surface area contributed by atoms with Crippen LogP contribution in [0.4, 0.5) is 0 Å². The van der Waals surface area contributed by atoms with Gasteiger partial charge in [0.15, 0.2) is 16.7 Å². The Kier molecular flexibility index (Phi) is 9.24. The van der Waals surface area contributed by atoms with Crippen LogP contribution < -0.4 is 20.3 Å². The van der Waals surface area contributed by atoms with Gasteiger partial charge in [-0.15, -0.1) is 0 Å². The Morgan fingerprint density at radius 3 is 2.66 bits per heavy atom. The highest BCUT2D eigenvalue weighted by molar-refractivity contribution is 7.99. The molecule has 38 heavy (non-hydrogen) atoms. The highest BCUT2D eigenvalue weighted by atomic mass is 32.2. The van der Waals surface area contributed by atoms with Crippen LogP contribution in [0.2, 0.25) is 0 Å². The van der Waals surface area contributed by atoms with Crippen LogP contribution in [0, 0.1) is 0 Å². The minimum Gasteiger partial charge on any atom is -0.493 e. The summed E-state index contributed by atoms with van der Waals surface area (Å²) in [5.74, 6) is 0.657. The minimum absolute atomic E-state index is 0.0755. The van der Waals surface area contributed by atoms with Gasteiger partial charge in [0.05, 0.1) is 56.2 Å². The van der Waals surface area contributed by atoms with E-state index in [2.05, 4.69) is 10.3 Å². The molecular formula is C27H31N3O7S. The van der Waals surface area contributed by atoms with Gasteiger partial charge in [-0.05, 0) is 55.2 Å². The van der Waals surface area contributed by atoms with Crippen LogP contribution in [0.5, 0.6) is 11.5 Å². The van der Waals surface area contributed by atoms with Crippen molar-refractivity contribution in [2.45, 2.75) is 37.1 Å². The minimum atomic E-state index is -0.514. The Bertz CT molecular complexity index is 1370. The number of rotatable bonds is 11. The summed E-state index contributed by atoms with van der Waals surface area (Å²) in [7, 11) is 4.46. The first kappa shape index (κ1) is 27.5. The van der Waals surface area contributed by atoms with E-state index >= 15 is 0 Å². The number of methoxy groups -OCH3 is 3. The van der Waals surface area contributed by atoms with E-state index in [9.17, 15) is 14.4 Å². The molecule has 0 bridgehead atoms. The quantitative estimate of drug-likeness (QED) is 0.222. The van der Waals surface area contributed by atoms with E-state index in [0.29, 0.717) is 59.2 Å². The van der Waals surface area contributed by atoms with Crippen LogP contribution in [0.3, 0.4) is 0 Å². The topological polar surface area (TPSA) is 118 Å². The Labute approximate surface area is 224 Å². The molecule has 3 aromatic rings. The number of carbonyl (C=O) groups excluding carboxylic acids is 2. The zero-order chi connectivity index (χ0) is 27.1. The molecule has 0 saturated carbocycles. The molecule has 1 aliphatic rings. The summed E-state index contributed by atoms with van der Waals surface area (Å²) in [6.07, 6.45) is 2.32. The summed E-state index contributed by atoms with van der Waals surface area (Å²) in [6, 6.07) is 10.3. The molecule has 2 aromatic carbocycles. The van der Waals surface area contributed by atoms with E-state index in [1.165, 1.54) is 24.9 Å². The fraction of sp³-hybridized carbons (Fsp3) is 0.407. The molecule has 0 unspecified atom stereocenters. The molecule has 1 aliphatic heterocycles. The molecule has 202 valence electrons. The van der Waals surface area contributed by atoms with Crippen molar-refractivity contribution < 1.29 is 28.5 Å². The smallest absolute Gasteiger partial charge is 0.337 e. The highest BCUT2D eigenvalue weighted by Gasteiger charge is 2.21. The SMILES string of the molecule is COC(=O)c1ccc2c(=O)n(C[C@@H]3CCCO3)c(SCC(=O)NCCc3ccc(OC)c(OC)c3)nc2c1. The molecular weight excluding hydrogens is 510 g/mol. The molecule has 1 saturated heterocycles. The van der Waals surface area contributed by atoms with Gasteiger partial charge in [-0.2, -0.15) is 0 Å². The zero-order valence-corrected chi connectivity index (χ0v) is 22.5. The molecule has 1 atom stereocenters. The second-order valence-corrected chi connectivity index (χ2v) is 9.69. The average Bonchev–Trinajstić information content (AvgIpc) is 3.46. The normalized spacial score (nSPS) is 14.9. The predicted molar refractivity (Wildman–Crippen MR) is 143 cm³/mol. The largest absolute Gasteiger partial charge is 0.493 e. The lowest BCUT2D eigenvalue weighted by Gasteiger charge is -2.16. The first-order chi connectivity index (χ1) is 18.4. The van der Waals surface area contributed by atoms with E-state index < -0.39 is 5.97 Å². The third-order valence-electron chi connectivity index (χ3n) is 6.27. The number of nitrogens with zero attached hydrogens (tertiary/aromatic N) is 2. The number of thioether (sulfide) groups is 1. The molecule has 10 nitrogen and oxygen atoms in total. The molecule has 0 radical (unpaired) electrons. The maximum absolute atomic E-state index is 13.4. The van der Waals surface area contributed by atoms with Crippen LogP contribution in [-0.2, 0) is 27.2 Å². The molecule has 1 N–H and O–H groups in total. The van der Waals surface area contributed by atoms with Gasteiger partial charge in [0.25, 0.3) is 5.56 Å². The second-order valence-electron chi connectivity index (χ2n) is 8.75. The summed E-state index contributed by atoms with van der Waals surface area (Å²) in [4.78, 5) is 42.7. The molecule has 11 heteroatoms. The van der Waals surface area contributed by atoms with Crippen molar-refractivity contribution in [3.63, 3.8) is 0 Å². The van der Waals surface area contributed by atoms with E-state index in [-0.39, 0.29) is 23.3 Å². The van der Waals surface area contributed by atoms with E-state index in [0.717, 1.165) is 18.4 Å². The number of benzene rings is 2. The zero-order valence-electron chi connectivity index (χ0n) is 21.7. The van der Waals surface area contributed by atoms with Crippen LogP contribution in [-0.4, -0.2) is 67.8 Å². The fourth-order valence-electron chi connectivity index (χ4n) is 4.27. The molecule has 1 fully saturated rings. The Balaban J connectivity index is 1.47. The van der Waals surface area contributed by atoms with Gasteiger partial charge in [-0.1, -0.05) is 17.8 Å². The molecule has 1 aromatic heterocycles. The van der Waals surface area contributed by atoms with Crippen molar-refractivity contribution in [1.29, 1.82) is 0 Å². The lowest BCUT2D eigenvalue weighted by Crippen LogP contribution is -2.30. The average molecular weight is 542 g/mol. The number of amides is 1. The number of hydrogen-bond acceptors (Lipinski definition) is 9. The summed E-state index contributed by atoms with van der Waals surface area (Å²) in [6.45, 7) is 1.45. The van der Waals surface area contributed by atoms with Gasteiger partial charge in [-0.3, -0.25) is 14.2 Å². The van der Waals surface area contributed by atoms with Crippen molar-refractivity contribution in [3.05, 3.63) is 57.9 Å². The summed E-state index contributed by atoms with van der Waals surface area (Å²) >= 11 is 1.18. The third-order valence-corrected chi connectivity index (χ3v) is 7.24. The molecule has 1 amide bonds. The van der Waals surface area contributed by atoms with Crippen molar-refractivity contribution in [1.82, 2.24) is 14.9 Å². The molecule has 0 aliphatic carbocycles. The van der Waals surface area contributed by atoms with Crippen molar-refractivity contribution in [3.8, 4) is 11.5 Å². The number of fused-ring (bicyclic) bond motifs is 1. The number of carbonyl (C=O) groups is 2. The highest BCUT2D eigenvalue weighted by Crippen LogP contribution is 2.27. The fourth-order valence-corrected chi connectivity index (χ4v) is 5.11. The van der Waals surface area contributed by atoms with Crippen molar-refractivity contribution in [2.24, 2.45) is 0 Å². The molecule has 2 heterocycles. The molecule has 4 rings (SSSR count). The van der Waals surface area contributed by atoms with Gasteiger partial charge in [0.1, 0.15) is 0 Å². The summed E-state index contributed by atoms with van der Waals surface area (Å²) < 4.78 is 22.7. The van der Waals surface area contributed by atoms with Crippen molar-refractivity contribution in [2.75, 3.05) is 40.2 Å².